The van der Waals surface area contributed by atoms with E-state index in [-0.39, 0.29) is 24.5 Å². The van der Waals surface area contributed by atoms with Crippen LogP contribution in [0.1, 0.15) is 42.7 Å². The summed E-state index contributed by atoms with van der Waals surface area (Å²) in [6.07, 6.45) is 5.86. The molecular formula is C14H21N3O3S. The molecule has 0 atom stereocenters. The summed E-state index contributed by atoms with van der Waals surface area (Å²) in [5.74, 6) is -0.306. The fourth-order valence-electron chi connectivity index (χ4n) is 2.41. The highest BCUT2D eigenvalue weighted by molar-refractivity contribution is 7.16. The Kier molecular flexibility index (Phi) is 5.55. The molecule has 1 aromatic rings. The number of methoxy groups -OCH3 is 1. The van der Waals surface area contributed by atoms with Crippen LogP contribution >= 0.6 is 11.3 Å². The van der Waals surface area contributed by atoms with Crippen LogP contribution in [0, 0.1) is 6.92 Å². The van der Waals surface area contributed by atoms with E-state index in [0.717, 1.165) is 23.4 Å². The number of ether oxygens (including phenoxy) is 1. The lowest BCUT2D eigenvalue weighted by Crippen LogP contribution is -2.38. The number of nitrogens with one attached hydrogen (secondary N) is 2. The number of esters is 1. The Labute approximate surface area is 128 Å². The smallest absolute Gasteiger partial charge is 0.321 e. The molecule has 1 heterocycles. The zero-order valence-electron chi connectivity index (χ0n) is 12.4. The highest BCUT2D eigenvalue weighted by atomic mass is 32.1. The van der Waals surface area contributed by atoms with Crippen LogP contribution in [0.4, 0.5) is 9.93 Å². The van der Waals surface area contributed by atoms with Gasteiger partial charge in [-0.3, -0.25) is 10.1 Å². The molecule has 1 aliphatic rings. The number of nitrogens with zero attached hydrogens (tertiary/aromatic N) is 1. The molecule has 1 aliphatic carbocycles. The van der Waals surface area contributed by atoms with Gasteiger partial charge in [-0.15, -0.1) is 11.3 Å². The summed E-state index contributed by atoms with van der Waals surface area (Å²) >= 11 is 1.31. The number of anilines is 1. The first-order valence-electron chi connectivity index (χ1n) is 7.19. The van der Waals surface area contributed by atoms with Crippen molar-refractivity contribution < 1.29 is 14.3 Å². The lowest BCUT2D eigenvalue weighted by molar-refractivity contribution is -0.139. The van der Waals surface area contributed by atoms with Crippen molar-refractivity contribution in [3.05, 3.63) is 10.6 Å². The lowest BCUT2D eigenvalue weighted by Gasteiger charge is -2.22. The maximum atomic E-state index is 11.9. The van der Waals surface area contributed by atoms with Crippen LogP contribution in [0.15, 0.2) is 0 Å². The molecule has 7 heteroatoms. The van der Waals surface area contributed by atoms with Crippen LogP contribution in [0.25, 0.3) is 0 Å². The molecule has 0 aliphatic heterocycles. The summed E-state index contributed by atoms with van der Waals surface area (Å²) in [4.78, 5) is 28.3. The van der Waals surface area contributed by atoms with Crippen LogP contribution in [-0.2, 0) is 16.0 Å². The molecule has 1 saturated carbocycles. The molecule has 2 N–H and O–H groups in total. The van der Waals surface area contributed by atoms with Gasteiger partial charge >= 0.3 is 12.0 Å². The molecule has 6 nitrogen and oxygen atoms in total. The van der Waals surface area contributed by atoms with Gasteiger partial charge in [0.25, 0.3) is 0 Å². The number of urea groups is 1. The van der Waals surface area contributed by atoms with E-state index in [1.807, 2.05) is 6.92 Å². The Morgan fingerprint density at radius 3 is 2.71 bits per heavy atom. The van der Waals surface area contributed by atoms with Crippen molar-refractivity contribution in [2.75, 3.05) is 12.4 Å². The molecule has 0 radical (unpaired) electrons. The Morgan fingerprint density at radius 1 is 1.33 bits per heavy atom. The van der Waals surface area contributed by atoms with E-state index in [1.165, 1.54) is 37.7 Å². The number of aromatic nitrogens is 1. The molecule has 0 saturated heterocycles. The number of hydrogen-bond acceptors (Lipinski definition) is 5. The molecule has 1 fully saturated rings. The topological polar surface area (TPSA) is 80.3 Å². The van der Waals surface area contributed by atoms with Crippen LogP contribution in [0.2, 0.25) is 0 Å². The van der Waals surface area contributed by atoms with Gasteiger partial charge in [0, 0.05) is 10.9 Å². The summed E-state index contributed by atoms with van der Waals surface area (Å²) in [6.45, 7) is 1.82. The summed E-state index contributed by atoms with van der Waals surface area (Å²) in [5, 5.41) is 6.23. The van der Waals surface area contributed by atoms with Gasteiger partial charge in [-0.05, 0) is 19.8 Å². The average molecular weight is 311 g/mol. The molecule has 0 bridgehead atoms. The maximum absolute atomic E-state index is 11.9. The Balaban J connectivity index is 1.88. The van der Waals surface area contributed by atoms with Crippen molar-refractivity contribution >= 4 is 28.5 Å². The number of hydrogen-bond donors (Lipinski definition) is 2. The number of carbonyl (C=O) groups excluding carboxylic acids is 2. The molecule has 2 rings (SSSR count). The van der Waals surface area contributed by atoms with E-state index in [1.54, 1.807) is 0 Å². The molecule has 116 valence electrons. The van der Waals surface area contributed by atoms with E-state index in [4.69, 9.17) is 0 Å². The van der Waals surface area contributed by atoms with Crippen LogP contribution in [0.3, 0.4) is 0 Å². The van der Waals surface area contributed by atoms with Crippen LogP contribution in [0.5, 0.6) is 0 Å². The number of carbonyl (C=O) groups is 2. The minimum atomic E-state index is -0.306. The number of rotatable bonds is 4. The average Bonchev–Trinajstić information content (AvgIpc) is 2.79. The maximum Gasteiger partial charge on any atom is 0.321 e. The van der Waals surface area contributed by atoms with E-state index < -0.39 is 0 Å². The third-order valence-corrected chi connectivity index (χ3v) is 4.66. The lowest BCUT2D eigenvalue weighted by atomic mass is 9.96. The van der Waals surface area contributed by atoms with Crippen molar-refractivity contribution in [1.82, 2.24) is 10.3 Å². The first-order valence-corrected chi connectivity index (χ1v) is 8.00. The molecule has 21 heavy (non-hydrogen) atoms. The summed E-state index contributed by atoms with van der Waals surface area (Å²) in [7, 11) is 1.36. The van der Waals surface area contributed by atoms with Crippen molar-refractivity contribution in [1.29, 1.82) is 0 Å². The van der Waals surface area contributed by atoms with E-state index in [0.29, 0.717) is 5.13 Å². The molecule has 0 spiro atoms. The first-order chi connectivity index (χ1) is 10.1. The Bertz CT molecular complexity index is 510. The molecule has 0 unspecified atom stereocenters. The van der Waals surface area contributed by atoms with Gasteiger partial charge in [-0.2, -0.15) is 0 Å². The third kappa shape index (κ3) is 4.70. The van der Waals surface area contributed by atoms with Gasteiger partial charge in [0.2, 0.25) is 0 Å². The van der Waals surface area contributed by atoms with Crippen molar-refractivity contribution in [3.8, 4) is 0 Å². The predicted octanol–water partition coefficient (Wildman–Crippen LogP) is 2.62. The molecule has 1 aromatic heterocycles. The Hall–Kier alpha value is -1.63. The fraction of sp³-hybridized carbons (Fsp3) is 0.643. The zero-order chi connectivity index (χ0) is 15.2. The number of aryl methyl sites for hydroxylation is 1. The van der Waals surface area contributed by atoms with Crippen LogP contribution in [-0.4, -0.2) is 30.1 Å². The van der Waals surface area contributed by atoms with E-state index in [9.17, 15) is 9.59 Å². The SMILES string of the molecule is COC(=O)Cc1sc(NC(=O)NC2CCCCC2)nc1C. The quantitative estimate of drug-likeness (QED) is 0.838. The first kappa shape index (κ1) is 15.8. The Morgan fingerprint density at radius 2 is 2.05 bits per heavy atom. The third-order valence-electron chi connectivity index (χ3n) is 3.59. The van der Waals surface area contributed by atoms with Crippen molar-refractivity contribution in [2.45, 2.75) is 51.5 Å². The second-order valence-corrected chi connectivity index (χ2v) is 6.30. The van der Waals surface area contributed by atoms with Crippen LogP contribution < -0.4 is 10.6 Å². The second kappa shape index (κ2) is 7.40. The molecule has 2 amide bonds. The summed E-state index contributed by atoms with van der Waals surface area (Å²) in [6, 6.07) is 0.0367. The fourth-order valence-corrected chi connectivity index (χ4v) is 3.36. The van der Waals surface area contributed by atoms with Gasteiger partial charge in [-0.25, -0.2) is 9.78 Å². The van der Waals surface area contributed by atoms with Gasteiger partial charge in [-0.1, -0.05) is 19.3 Å². The van der Waals surface area contributed by atoms with Crippen molar-refractivity contribution in [3.63, 3.8) is 0 Å². The number of amides is 2. The largest absolute Gasteiger partial charge is 0.469 e. The minimum absolute atomic E-state index is 0.186. The predicted molar refractivity (Wildman–Crippen MR) is 81.6 cm³/mol. The normalized spacial score (nSPS) is 15.5. The summed E-state index contributed by atoms with van der Waals surface area (Å²) in [5.41, 5.74) is 0.748. The highest BCUT2D eigenvalue weighted by Crippen LogP contribution is 2.23. The van der Waals surface area contributed by atoms with Gasteiger partial charge in [0.05, 0.1) is 19.2 Å². The van der Waals surface area contributed by atoms with Gasteiger partial charge in [0.15, 0.2) is 5.13 Å². The van der Waals surface area contributed by atoms with Gasteiger partial charge in [0.1, 0.15) is 0 Å². The minimum Gasteiger partial charge on any atom is -0.469 e. The van der Waals surface area contributed by atoms with E-state index in [2.05, 4.69) is 20.4 Å². The zero-order valence-corrected chi connectivity index (χ0v) is 13.2. The summed E-state index contributed by atoms with van der Waals surface area (Å²) < 4.78 is 4.64. The molecular weight excluding hydrogens is 290 g/mol. The highest BCUT2D eigenvalue weighted by Gasteiger charge is 2.17. The van der Waals surface area contributed by atoms with Crippen molar-refractivity contribution in [2.24, 2.45) is 0 Å². The molecule has 0 aromatic carbocycles. The second-order valence-electron chi connectivity index (χ2n) is 5.21. The van der Waals surface area contributed by atoms with E-state index >= 15 is 0 Å². The number of thiazole rings is 1. The monoisotopic (exact) mass is 311 g/mol. The van der Waals surface area contributed by atoms with Gasteiger partial charge < -0.3 is 10.1 Å². The standard InChI is InChI=1S/C14H21N3O3S/c1-9-11(8-12(18)20-2)21-14(15-9)17-13(19)16-10-6-4-3-5-7-10/h10H,3-8H2,1-2H3,(H2,15,16,17,19).